The van der Waals surface area contributed by atoms with Crippen LogP contribution in [0.5, 0.6) is 0 Å². The number of aliphatic hydroxyl groups is 1. The summed E-state index contributed by atoms with van der Waals surface area (Å²) >= 11 is 0. The molecule has 0 aromatic rings. The molecule has 2 aliphatic rings. The minimum absolute atomic E-state index is 0.396. The Morgan fingerprint density at radius 3 is 2.47 bits per heavy atom. The Bertz CT molecular complexity index is 199. The maximum absolute atomic E-state index is 9.38. The van der Waals surface area contributed by atoms with E-state index < -0.39 is 0 Å². The summed E-state index contributed by atoms with van der Waals surface area (Å²) in [7, 11) is 0. The molecule has 2 fully saturated rings. The molecule has 0 radical (unpaired) electrons. The third kappa shape index (κ3) is 2.36. The molecule has 0 aromatic heterocycles. The van der Waals surface area contributed by atoms with Crippen LogP contribution in [0.2, 0.25) is 0 Å². The highest BCUT2D eigenvalue weighted by molar-refractivity contribution is 4.91. The lowest BCUT2D eigenvalue weighted by atomic mass is 9.79. The first kappa shape index (κ1) is 11.4. The monoisotopic (exact) mass is 211 g/mol. The smallest absolute Gasteiger partial charge is 0.0474 e. The zero-order chi connectivity index (χ0) is 10.8. The maximum Gasteiger partial charge on any atom is 0.0474 e. The van der Waals surface area contributed by atoms with Gasteiger partial charge in [-0.2, -0.15) is 0 Å². The molecule has 2 atom stereocenters. The van der Waals surface area contributed by atoms with Gasteiger partial charge in [0.25, 0.3) is 0 Å². The minimum atomic E-state index is 0.396. The summed E-state index contributed by atoms with van der Waals surface area (Å²) in [6.45, 7) is 7.60. The first-order chi connectivity index (χ1) is 7.22. The lowest BCUT2D eigenvalue weighted by Crippen LogP contribution is -2.57. The highest BCUT2D eigenvalue weighted by Crippen LogP contribution is 2.34. The van der Waals surface area contributed by atoms with E-state index in [-0.39, 0.29) is 0 Å². The van der Waals surface area contributed by atoms with Crippen molar-refractivity contribution in [3.8, 4) is 0 Å². The zero-order valence-electron chi connectivity index (χ0n) is 10.2. The fourth-order valence-corrected chi connectivity index (χ4v) is 3.12. The lowest BCUT2D eigenvalue weighted by molar-refractivity contribution is -0.0233. The number of hydrogen-bond acceptors (Lipinski definition) is 2. The topological polar surface area (TPSA) is 23.5 Å². The van der Waals surface area contributed by atoms with E-state index in [0.29, 0.717) is 18.6 Å². The van der Waals surface area contributed by atoms with E-state index in [1.165, 1.54) is 38.8 Å². The van der Waals surface area contributed by atoms with Crippen molar-refractivity contribution in [2.24, 2.45) is 17.8 Å². The molecule has 0 amide bonds. The van der Waals surface area contributed by atoms with Crippen molar-refractivity contribution in [3.05, 3.63) is 0 Å². The molecule has 1 saturated heterocycles. The van der Waals surface area contributed by atoms with Crippen molar-refractivity contribution in [1.82, 2.24) is 4.90 Å². The van der Waals surface area contributed by atoms with Crippen LogP contribution in [0.1, 0.15) is 39.5 Å². The van der Waals surface area contributed by atoms with Crippen LogP contribution >= 0.6 is 0 Å². The molecular formula is C13H25NO. The summed E-state index contributed by atoms with van der Waals surface area (Å²) in [5.74, 6) is 2.30. The van der Waals surface area contributed by atoms with Crippen LogP contribution in [0.3, 0.4) is 0 Å². The summed E-state index contributed by atoms with van der Waals surface area (Å²) in [5, 5.41) is 9.38. The third-order valence-corrected chi connectivity index (χ3v) is 4.45. The molecule has 2 heteroatoms. The van der Waals surface area contributed by atoms with E-state index in [9.17, 15) is 5.11 Å². The molecule has 15 heavy (non-hydrogen) atoms. The van der Waals surface area contributed by atoms with Crippen LogP contribution in [-0.4, -0.2) is 35.7 Å². The molecule has 88 valence electrons. The largest absolute Gasteiger partial charge is 0.396 e. The second-order valence-corrected chi connectivity index (χ2v) is 5.75. The number of aliphatic hydroxyl groups excluding tert-OH is 1. The molecule has 1 aliphatic heterocycles. The van der Waals surface area contributed by atoms with Crippen molar-refractivity contribution in [2.75, 3.05) is 19.7 Å². The quantitative estimate of drug-likeness (QED) is 0.773. The van der Waals surface area contributed by atoms with Gasteiger partial charge >= 0.3 is 0 Å². The molecule has 1 heterocycles. The van der Waals surface area contributed by atoms with Gasteiger partial charge < -0.3 is 5.11 Å². The normalized spacial score (nSPS) is 34.4. The minimum Gasteiger partial charge on any atom is -0.396 e. The number of likely N-dealkylation sites (tertiary alicyclic amines) is 1. The van der Waals surface area contributed by atoms with Gasteiger partial charge in [0.15, 0.2) is 0 Å². The molecule has 2 rings (SSSR count). The Labute approximate surface area is 93.7 Å². The molecule has 0 bridgehead atoms. The maximum atomic E-state index is 9.38. The predicted octanol–water partition coefficient (Wildman–Crippen LogP) is 2.13. The molecule has 2 unspecified atom stereocenters. The summed E-state index contributed by atoms with van der Waals surface area (Å²) < 4.78 is 0. The van der Waals surface area contributed by atoms with Crippen molar-refractivity contribution in [3.63, 3.8) is 0 Å². The highest BCUT2D eigenvalue weighted by Gasteiger charge is 2.37. The Kier molecular flexibility index (Phi) is 3.68. The third-order valence-electron chi connectivity index (χ3n) is 4.45. The van der Waals surface area contributed by atoms with Gasteiger partial charge in [0.2, 0.25) is 0 Å². The van der Waals surface area contributed by atoms with Gasteiger partial charge in [-0.05, 0) is 30.6 Å². The van der Waals surface area contributed by atoms with E-state index >= 15 is 0 Å². The molecule has 1 saturated carbocycles. The van der Waals surface area contributed by atoms with Gasteiger partial charge in [-0.3, -0.25) is 4.90 Å². The van der Waals surface area contributed by atoms with Crippen molar-refractivity contribution in [2.45, 2.75) is 45.6 Å². The van der Waals surface area contributed by atoms with E-state index in [1.807, 2.05) is 0 Å². The second kappa shape index (κ2) is 4.84. The summed E-state index contributed by atoms with van der Waals surface area (Å²) in [6.07, 6.45) is 5.24. The van der Waals surface area contributed by atoms with E-state index in [4.69, 9.17) is 0 Å². The average molecular weight is 211 g/mol. The first-order valence-electron chi connectivity index (χ1n) is 6.57. The van der Waals surface area contributed by atoms with Gasteiger partial charge in [0.1, 0.15) is 0 Å². The number of hydrogen-bond donors (Lipinski definition) is 1. The fraction of sp³-hybridized carbons (Fsp3) is 1.00. The standard InChI is InChI=1S/C13H25NO/c1-10(2)12-7-14(8-12)13-6-4-3-5-11(13)9-15/h10-13,15H,3-9H2,1-2H3. The van der Waals surface area contributed by atoms with Gasteiger partial charge in [-0.1, -0.05) is 26.7 Å². The summed E-state index contributed by atoms with van der Waals surface area (Å²) in [4.78, 5) is 2.62. The predicted molar refractivity (Wildman–Crippen MR) is 62.7 cm³/mol. The zero-order valence-corrected chi connectivity index (χ0v) is 10.2. The van der Waals surface area contributed by atoms with Crippen LogP contribution in [-0.2, 0) is 0 Å². The Morgan fingerprint density at radius 1 is 1.20 bits per heavy atom. The average Bonchev–Trinajstić information content (AvgIpc) is 2.15. The number of rotatable bonds is 3. The SMILES string of the molecule is CC(C)C1CN(C2CCCCC2CO)C1. The van der Waals surface area contributed by atoms with Crippen LogP contribution in [0.4, 0.5) is 0 Å². The second-order valence-electron chi connectivity index (χ2n) is 5.75. The molecular weight excluding hydrogens is 186 g/mol. The summed E-state index contributed by atoms with van der Waals surface area (Å²) in [6, 6.07) is 0.693. The van der Waals surface area contributed by atoms with Crippen molar-refractivity contribution < 1.29 is 5.11 Å². The van der Waals surface area contributed by atoms with Gasteiger partial charge in [-0.25, -0.2) is 0 Å². The van der Waals surface area contributed by atoms with Crippen LogP contribution in [0.25, 0.3) is 0 Å². The summed E-state index contributed by atoms with van der Waals surface area (Å²) in [5.41, 5.74) is 0. The van der Waals surface area contributed by atoms with E-state index in [2.05, 4.69) is 18.7 Å². The molecule has 0 aromatic carbocycles. The number of nitrogens with zero attached hydrogens (tertiary/aromatic N) is 1. The molecule has 0 spiro atoms. The van der Waals surface area contributed by atoms with Crippen LogP contribution < -0.4 is 0 Å². The van der Waals surface area contributed by atoms with Crippen molar-refractivity contribution >= 4 is 0 Å². The lowest BCUT2D eigenvalue weighted by Gasteiger charge is -2.49. The Hall–Kier alpha value is -0.0800. The van der Waals surface area contributed by atoms with E-state index in [0.717, 1.165) is 11.8 Å². The van der Waals surface area contributed by atoms with Crippen LogP contribution in [0.15, 0.2) is 0 Å². The van der Waals surface area contributed by atoms with Gasteiger partial charge in [-0.15, -0.1) is 0 Å². The van der Waals surface area contributed by atoms with E-state index in [1.54, 1.807) is 0 Å². The van der Waals surface area contributed by atoms with Crippen LogP contribution in [0, 0.1) is 17.8 Å². The molecule has 1 aliphatic carbocycles. The molecule has 2 nitrogen and oxygen atoms in total. The first-order valence-corrected chi connectivity index (χ1v) is 6.57. The Balaban J connectivity index is 1.83. The van der Waals surface area contributed by atoms with Gasteiger partial charge in [0.05, 0.1) is 0 Å². The highest BCUT2D eigenvalue weighted by atomic mass is 16.3. The fourth-order valence-electron chi connectivity index (χ4n) is 3.12. The van der Waals surface area contributed by atoms with Gasteiger partial charge in [0, 0.05) is 25.7 Å². The molecule has 1 N–H and O–H groups in total. The Morgan fingerprint density at radius 2 is 1.87 bits per heavy atom. The van der Waals surface area contributed by atoms with Crippen molar-refractivity contribution in [1.29, 1.82) is 0 Å².